The molecular formula is C16H25N3O. The highest BCUT2D eigenvalue weighted by Crippen LogP contribution is 2.65. The molecule has 4 saturated carbocycles. The lowest BCUT2D eigenvalue weighted by molar-refractivity contribution is -0.0712. The minimum absolute atomic E-state index is 0.205. The van der Waals surface area contributed by atoms with Gasteiger partial charge in [-0.3, -0.25) is 0 Å². The van der Waals surface area contributed by atoms with Crippen LogP contribution in [-0.2, 0) is 12.0 Å². The first-order valence-corrected chi connectivity index (χ1v) is 8.14. The van der Waals surface area contributed by atoms with Crippen molar-refractivity contribution < 1.29 is 4.42 Å². The Bertz CT molecular complexity index is 496. The molecule has 110 valence electrons. The molecule has 1 N–H and O–H groups in total. The maximum absolute atomic E-state index is 6.03. The van der Waals surface area contributed by atoms with Crippen LogP contribution in [-0.4, -0.2) is 16.7 Å². The second-order valence-corrected chi connectivity index (χ2v) is 7.83. The van der Waals surface area contributed by atoms with Gasteiger partial charge in [0.25, 0.3) is 0 Å². The minimum atomic E-state index is 0.205. The minimum Gasteiger partial charge on any atom is -0.423 e. The van der Waals surface area contributed by atoms with Gasteiger partial charge in [0.1, 0.15) is 0 Å². The first-order valence-electron chi connectivity index (χ1n) is 8.14. The van der Waals surface area contributed by atoms with Gasteiger partial charge in [-0.25, -0.2) is 0 Å². The van der Waals surface area contributed by atoms with Crippen molar-refractivity contribution in [1.29, 1.82) is 0 Å². The molecule has 1 heterocycles. The summed E-state index contributed by atoms with van der Waals surface area (Å²) in [5.41, 5.74) is 0.733. The molecule has 0 radical (unpaired) electrons. The lowest BCUT2D eigenvalue weighted by atomic mass is 9.44. The Balaban J connectivity index is 1.62. The molecular weight excluding hydrogens is 250 g/mol. The van der Waals surface area contributed by atoms with Crippen molar-refractivity contribution >= 4 is 0 Å². The molecule has 1 aromatic rings. The quantitative estimate of drug-likeness (QED) is 0.917. The average Bonchev–Trinajstić information content (AvgIpc) is 2.82. The van der Waals surface area contributed by atoms with Gasteiger partial charge >= 0.3 is 0 Å². The van der Waals surface area contributed by atoms with Crippen LogP contribution in [0, 0.1) is 17.3 Å². The fourth-order valence-electron chi connectivity index (χ4n) is 5.74. The van der Waals surface area contributed by atoms with Crippen molar-refractivity contribution in [1.82, 2.24) is 15.5 Å². The monoisotopic (exact) mass is 275 g/mol. The molecule has 4 bridgehead atoms. The van der Waals surface area contributed by atoms with Crippen molar-refractivity contribution in [2.24, 2.45) is 17.3 Å². The summed E-state index contributed by atoms with van der Waals surface area (Å²) in [4.78, 5) is 0. The Hall–Kier alpha value is -0.900. The van der Waals surface area contributed by atoms with Gasteiger partial charge in [0.05, 0.1) is 6.54 Å². The largest absolute Gasteiger partial charge is 0.423 e. The van der Waals surface area contributed by atoms with Crippen molar-refractivity contribution in [3.8, 4) is 0 Å². The van der Waals surface area contributed by atoms with Crippen molar-refractivity contribution in [2.75, 3.05) is 6.54 Å². The predicted molar refractivity (Wildman–Crippen MR) is 76.1 cm³/mol. The summed E-state index contributed by atoms with van der Waals surface area (Å²) in [6, 6.07) is 0. The normalized spacial score (nSPS) is 42.3. The molecule has 0 saturated heterocycles. The zero-order valence-corrected chi connectivity index (χ0v) is 12.6. The van der Waals surface area contributed by atoms with Crippen molar-refractivity contribution in [3.05, 3.63) is 11.8 Å². The third kappa shape index (κ3) is 1.92. The molecule has 2 unspecified atom stereocenters. The second kappa shape index (κ2) is 4.30. The number of aromatic nitrogens is 2. The maximum Gasteiger partial charge on any atom is 0.230 e. The molecule has 2 atom stereocenters. The Kier molecular flexibility index (Phi) is 2.75. The molecule has 0 aliphatic heterocycles. The molecule has 20 heavy (non-hydrogen) atoms. The van der Waals surface area contributed by atoms with Crippen molar-refractivity contribution in [2.45, 2.75) is 64.3 Å². The third-order valence-corrected chi connectivity index (χ3v) is 5.80. The molecule has 4 aliphatic rings. The Morgan fingerprint density at radius 3 is 2.60 bits per heavy atom. The fraction of sp³-hybridized carbons (Fsp3) is 0.875. The van der Waals surface area contributed by atoms with E-state index in [4.69, 9.17) is 4.42 Å². The van der Waals surface area contributed by atoms with Crippen LogP contribution in [0.4, 0.5) is 0 Å². The average molecular weight is 275 g/mol. The van der Waals surface area contributed by atoms with Crippen LogP contribution in [0.25, 0.3) is 0 Å². The molecule has 0 aromatic carbocycles. The lowest BCUT2D eigenvalue weighted by Gasteiger charge is -2.60. The van der Waals surface area contributed by atoms with E-state index in [1.54, 1.807) is 0 Å². The Morgan fingerprint density at radius 1 is 1.20 bits per heavy atom. The van der Waals surface area contributed by atoms with Gasteiger partial charge in [-0.05, 0) is 62.3 Å². The summed E-state index contributed by atoms with van der Waals surface area (Å²) < 4.78 is 6.03. The van der Waals surface area contributed by atoms with Gasteiger partial charge in [-0.15, -0.1) is 10.2 Å². The highest BCUT2D eigenvalue weighted by atomic mass is 16.4. The van der Waals surface area contributed by atoms with Crippen LogP contribution < -0.4 is 5.32 Å². The molecule has 0 spiro atoms. The molecule has 4 fully saturated rings. The van der Waals surface area contributed by atoms with Gasteiger partial charge in [0, 0.05) is 5.41 Å². The van der Waals surface area contributed by atoms with E-state index in [2.05, 4.69) is 29.4 Å². The van der Waals surface area contributed by atoms with E-state index in [1.165, 1.54) is 38.5 Å². The van der Waals surface area contributed by atoms with Gasteiger partial charge in [0.2, 0.25) is 11.8 Å². The molecule has 5 rings (SSSR count). The van der Waals surface area contributed by atoms with E-state index in [0.29, 0.717) is 12.0 Å². The van der Waals surface area contributed by atoms with Gasteiger partial charge < -0.3 is 9.73 Å². The van der Waals surface area contributed by atoms with Crippen LogP contribution in [0.15, 0.2) is 4.42 Å². The van der Waals surface area contributed by atoms with E-state index < -0.39 is 0 Å². The molecule has 1 aromatic heterocycles. The Labute approximate surface area is 120 Å². The summed E-state index contributed by atoms with van der Waals surface area (Å²) in [6.45, 7) is 6.21. The summed E-state index contributed by atoms with van der Waals surface area (Å²) in [5.74, 6) is 3.48. The first kappa shape index (κ1) is 12.8. The molecule has 4 heteroatoms. The first-order chi connectivity index (χ1) is 9.61. The lowest BCUT2D eigenvalue weighted by Crippen LogP contribution is -2.53. The van der Waals surface area contributed by atoms with Crippen LogP contribution in [0.3, 0.4) is 0 Å². The second-order valence-electron chi connectivity index (χ2n) is 7.83. The summed E-state index contributed by atoms with van der Waals surface area (Å²) in [6.07, 6.45) is 8.10. The van der Waals surface area contributed by atoms with Gasteiger partial charge in [-0.2, -0.15) is 0 Å². The van der Waals surface area contributed by atoms with Crippen LogP contribution in [0.1, 0.15) is 64.2 Å². The van der Waals surface area contributed by atoms with Gasteiger partial charge in [0.15, 0.2) is 0 Å². The Morgan fingerprint density at radius 2 is 1.95 bits per heavy atom. The number of nitrogens with one attached hydrogen (secondary N) is 1. The predicted octanol–water partition coefficient (Wildman–Crippen LogP) is 3.04. The maximum atomic E-state index is 6.03. The number of rotatable bonds is 4. The summed E-state index contributed by atoms with van der Waals surface area (Å²) in [5, 5.41) is 12.0. The highest BCUT2D eigenvalue weighted by molar-refractivity contribution is 5.17. The SMILES string of the molecule is CCNCc1nnc(C23CC4CC(CC(C)(C4)C2)C3)o1. The molecule has 4 nitrogen and oxygen atoms in total. The zero-order chi connectivity index (χ0) is 13.8. The number of nitrogens with zero attached hydrogens (tertiary/aromatic N) is 2. The number of hydrogen-bond acceptors (Lipinski definition) is 4. The van der Waals surface area contributed by atoms with Gasteiger partial charge in [-0.1, -0.05) is 13.8 Å². The van der Waals surface area contributed by atoms with E-state index >= 15 is 0 Å². The zero-order valence-electron chi connectivity index (χ0n) is 12.6. The fourth-order valence-corrected chi connectivity index (χ4v) is 5.74. The molecule has 0 amide bonds. The highest BCUT2D eigenvalue weighted by Gasteiger charge is 2.58. The van der Waals surface area contributed by atoms with E-state index in [1.807, 2.05) is 0 Å². The van der Waals surface area contributed by atoms with Crippen LogP contribution in [0.5, 0.6) is 0 Å². The summed E-state index contributed by atoms with van der Waals surface area (Å²) in [7, 11) is 0. The smallest absolute Gasteiger partial charge is 0.230 e. The third-order valence-electron chi connectivity index (χ3n) is 5.80. The van der Waals surface area contributed by atoms with E-state index in [-0.39, 0.29) is 5.41 Å². The van der Waals surface area contributed by atoms with Crippen molar-refractivity contribution in [3.63, 3.8) is 0 Å². The van der Waals surface area contributed by atoms with E-state index in [0.717, 1.165) is 30.2 Å². The molecule has 4 aliphatic carbocycles. The summed E-state index contributed by atoms with van der Waals surface area (Å²) >= 11 is 0. The topological polar surface area (TPSA) is 51.0 Å². The van der Waals surface area contributed by atoms with Crippen LogP contribution in [0.2, 0.25) is 0 Å². The number of hydrogen-bond donors (Lipinski definition) is 1. The van der Waals surface area contributed by atoms with E-state index in [9.17, 15) is 0 Å². The standard InChI is InChI=1S/C16H25N3O/c1-3-17-9-13-18-19-14(20-13)16-7-11-4-12(8-16)6-15(2,5-11)10-16/h11-12,17H,3-10H2,1-2H3. The van der Waals surface area contributed by atoms with Crippen LogP contribution >= 0.6 is 0 Å².